The second kappa shape index (κ2) is 5.99. The third-order valence-electron chi connectivity index (χ3n) is 3.06. The number of hydrogen-bond donors (Lipinski definition) is 1. The molecule has 0 bridgehead atoms. The Morgan fingerprint density at radius 2 is 2.16 bits per heavy atom. The maximum Gasteiger partial charge on any atom is 0.142 e. The third-order valence-corrected chi connectivity index (χ3v) is 4.67. The average molecular weight is 299 g/mol. The number of aryl methyl sites for hydroxylation is 2. The maximum absolute atomic E-state index is 13.5. The SMILES string of the molecule is CNC(Cc1cccc(F)c1Cl)c1sc(C)nc1C. The number of benzene rings is 1. The minimum absolute atomic E-state index is 0.102. The molecule has 1 N–H and O–H groups in total. The van der Waals surface area contributed by atoms with E-state index in [0.29, 0.717) is 6.42 Å². The lowest BCUT2D eigenvalue weighted by Crippen LogP contribution is -2.19. The first-order valence-corrected chi connectivity index (χ1v) is 7.26. The van der Waals surface area contributed by atoms with Crippen LogP contribution in [0.15, 0.2) is 18.2 Å². The van der Waals surface area contributed by atoms with Crippen LogP contribution in [-0.2, 0) is 6.42 Å². The van der Waals surface area contributed by atoms with Gasteiger partial charge in [-0.1, -0.05) is 23.7 Å². The third kappa shape index (κ3) is 3.14. The van der Waals surface area contributed by atoms with E-state index < -0.39 is 0 Å². The van der Waals surface area contributed by atoms with Gasteiger partial charge in [-0.25, -0.2) is 9.37 Å². The molecule has 0 radical (unpaired) electrons. The first kappa shape index (κ1) is 14.4. The average Bonchev–Trinajstić information content (AvgIpc) is 2.70. The van der Waals surface area contributed by atoms with Gasteiger partial charge in [-0.05, 0) is 38.9 Å². The van der Waals surface area contributed by atoms with Gasteiger partial charge in [0.05, 0.1) is 15.7 Å². The van der Waals surface area contributed by atoms with E-state index in [-0.39, 0.29) is 16.9 Å². The molecular weight excluding hydrogens is 283 g/mol. The van der Waals surface area contributed by atoms with E-state index in [9.17, 15) is 4.39 Å². The molecular formula is C14H16ClFN2S. The molecule has 0 aliphatic rings. The Morgan fingerprint density at radius 1 is 1.42 bits per heavy atom. The number of nitrogens with one attached hydrogen (secondary N) is 1. The van der Waals surface area contributed by atoms with Gasteiger partial charge in [-0.3, -0.25) is 0 Å². The van der Waals surface area contributed by atoms with Crippen molar-refractivity contribution in [1.29, 1.82) is 0 Å². The number of rotatable bonds is 4. The summed E-state index contributed by atoms with van der Waals surface area (Å²) in [5.74, 6) is -0.369. The van der Waals surface area contributed by atoms with Gasteiger partial charge in [-0.2, -0.15) is 0 Å². The minimum atomic E-state index is -0.369. The first-order valence-electron chi connectivity index (χ1n) is 6.07. The largest absolute Gasteiger partial charge is 0.312 e. The minimum Gasteiger partial charge on any atom is -0.312 e. The standard InChI is InChI=1S/C14H16ClFN2S/c1-8-14(19-9(2)18-8)12(17-3)7-10-5-4-6-11(16)13(10)15/h4-6,12,17H,7H2,1-3H3. The lowest BCUT2D eigenvalue weighted by molar-refractivity contribution is 0.589. The summed E-state index contributed by atoms with van der Waals surface area (Å²) in [5, 5.41) is 4.51. The van der Waals surface area contributed by atoms with Gasteiger partial charge in [-0.15, -0.1) is 11.3 Å². The molecule has 1 heterocycles. The lowest BCUT2D eigenvalue weighted by atomic mass is 10.0. The van der Waals surface area contributed by atoms with E-state index in [0.717, 1.165) is 16.3 Å². The van der Waals surface area contributed by atoms with Crippen LogP contribution in [0.3, 0.4) is 0 Å². The zero-order chi connectivity index (χ0) is 14.0. The van der Waals surface area contributed by atoms with Crippen molar-refractivity contribution in [2.45, 2.75) is 26.3 Å². The second-order valence-corrected chi connectivity index (χ2v) is 6.05. The van der Waals surface area contributed by atoms with Crippen molar-refractivity contribution in [1.82, 2.24) is 10.3 Å². The molecule has 0 saturated carbocycles. The van der Waals surface area contributed by atoms with E-state index in [1.807, 2.05) is 27.0 Å². The Balaban J connectivity index is 2.29. The van der Waals surface area contributed by atoms with E-state index >= 15 is 0 Å². The highest BCUT2D eigenvalue weighted by molar-refractivity contribution is 7.11. The van der Waals surface area contributed by atoms with Crippen LogP contribution < -0.4 is 5.32 Å². The van der Waals surface area contributed by atoms with Crippen molar-refractivity contribution in [3.05, 3.63) is 50.2 Å². The van der Waals surface area contributed by atoms with Crippen LogP contribution in [0.4, 0.5) is 4.39 Å². The van der Waals surface area contributed by atoms with Gasteiger partial charge in [0, 0.05) is 10.9 Å². The molecule has 0 aliphatic heterocycles. The van der Waals surface area contributed by atoms with Crippen molar-refractivity contribution in [2.24, 2.45) is 0 Å². The van der Waals surface area contributed by atoms with Crippen LogP contribution in [0.25, 0.3) is 0 Å². The van der Waals surface area contributed by atoms with E-state index in [1.54, 1.807) is 17.4 Å². The first-order chi connectivity index (χ1) is 9.02. The summed E-state index contributed by atoms with van der Waals surface area (Å²) in [6, 6.07) is 5.03. The highest BCUT2D eigenvalue weighted by Gasteiger charge is 2.18. The van der Waals surface area contributed by atoms with Crippen molar-refractivity contribution >= 4 is 22.9 Å². The van der Waals surface area contributed by atoms with Crippen LogP contribution in [0, 0.1) is 19.7 Å². The van der Waals surface area contributed by atoms with Gasteiger partial charge in [0.15, 0.2) is 0 Å². The molecule has 0 spiro atoms. The molecule has 19 heavy (non-hydrogen) atoms. The lowest BCUT2D eigenvalue weighted by Gasteiger charge is -2.16. The van der Waals surface area contributed by atoms with Crippen molar-refractivity contribution < 1.29 is 4.39 Å². The molecule has 2 aromatic rings. The highest BCUT2D eigenvalue weighted by Crippen LogP contribution is 2.30. The van der Waals surface area contributed by atoms with Crippen LogP contribution in [0.1, 0.15) is 27.2 Å². The van der Waals surface area contributed by atoms with Crippen LogP contribution in [0.2, 0.25) is 5.02 Å². The Morgan fingerprint density at radius 3 is 2.74 bits per heavy atom. The molecule has 0 aliphatic carbocycles. The van der Waals surface area contributed by atoms with Crippen LogP contribution in [0.5, 0.6) is 0 Å². The Hall–Kier alpha value is -0.970. The maximum atomic E-state index is 13.5. The van der Waals surface area contributed by atoms with Gasteiger partial charge < -0.3 is 5.32 Å². The van der Waals surface area contributed by atoms with E-state index in [2.05, 4.69) is 10.3 Å². The zero-order valence-corrected chi connectivity index (χ0v) is 12.7. The summed E-state index contributed by atoms with van der Waals surface area (Å²) in [4.78, 5) is 5.61. The number of likely N-dealkylation sites (N-methyl/N-ethyl adjacent to an activating group) is 1. The highest BCUT2D eigenvalue weighted by atomic mass is 35.5. The molecule has 0 amide bonds. The number of nitrogens with zero attached hydrogens (tertiary/aromatic N) is 1. The summed E-state index contributed by atoms with van der Waals surface area (Å²) < 4.78 is 13.5. The van der Waals surface area contributed by atoms with Crippen molar-refractivity contribution in [2.75, 3.05) is 7.05 Å². The molecule has 1 aromatic heterocycles. The molecule has 0 fully saturated rings. The normalized spacial score (nSPS) is 12.7. The molecule has 1 unspecified atom stereocenters. The predicted molar refractivity (Wildman–Crippen MR) is 78.5 cm³/mol. The van der Waals surface area contributed by atoms with Gasteiger partial charge >= 0.3 is 0 Å². The van der Waals surface area contributed by atoms with Crippen LogP contribution in [-0.4, -0.2) is 12.0 Å². The van der Waals surface area contributed by atoms with Crippen molar-refractivity contribution in [3.8, 4) is 0 Å². The summed E-state index contributed by atoms with van der Waals surface area (Å²) in [5.41, 5.74) is 1.83. The monoisotopic (exact) mass is 298 g/mol. The molecule has 1 atom stereocenters. The zero-order valence-electron chi connectivity index (χ0n) is 11.1. The topological polar surface area (TPSA) is 24.9 Å². The van der Waals surface area contributed by atoms with Gasteiger partial charge in [0.2, 0.25) is 0 Å². The van der Waals surface area contributed by atoms with E-state index in [1.165, 1.54) is 10.9 Å². The number of thiazole rings is 1. The van der Waals surface area contributed by atoms with Crippen LogP contribution >= 0.6 is 22.9 Å². The summed E-state index contributed by atoms with van der Waals surface area (Å²) in [7, 11) is 1.90. The van der Waals surface area contributed by atoms with Crippen molar-refractivity contribution in [3.63, 3.8) is 0 Å². The Bertz CT molecular complexity index is 583. The Labute approximate surface area is 121 Å². The molecule has 102 valence electrons. The number of aromatic nitrogens is 1. The molecule has 5 heteroatoms. The number of hydrogen-bond acceptors (Lipinski definition) is 3. The summed E-state index contributed by atoms with van der Waals surface area (Å²) in [6.45, 7) is 3.99. The fraction of sp³-hybridized carbons (Fsp3) is 0.357. The summed E-state index contributed by atoms with van der Waals surface area (Å²) >= 11 is 7.68. The fourth-order valence-electron chi connectivity index (χ4n) is 2.12. The second-order valence-electron chi connectivity index (χ2n) is 4.44. The molecule has 2 nitrogen and oxygen atoms in total. The molecule has 1 aromatic carbocycles. The molecule has 2 rings (SSSR count). The molecule has 0 saturated heterocycles. The summed E-state index contributed by atoms with van der Waals surface area (Å²) in [6.07, 6.45) is 0.648. The van der Waals surface area contributed by atoms with E-state index in [4.69, 9.17) is 11.6 Å². The predicted octanol–water partition coefficient (Wildman–Crippen LogP) is 4.06. The van der Waals surface area contributed by atoms with Gasteiger partial charge in [0.1, 0.15) is 5.82 Å². The quantitative estimate of drug-likeness (QED) is 0.921. The number of halogens is 2. The smallest absolute Gasteiger partial charge is 0.142 e. The van der Waals surface area contributed by atoms with Gasteiger partial charge in [0.25, 0.3) is 0 Å². The Kier molecular flexibility index (Phi) is 4.55. The fourth-order valence-corrected chi connectivity index (χ4v) is 3.36.